The highest BCUT2D eigenvalue weighted by molar-refractivity contribution is 7.80. The van der Waals surface area contributed by atoms with Crippen molar-refractivity contribution in [2.24, 2.45) is 5.73 Å². The third-order valence-electron chi connectivity index (χ3n) is 3.42. The number of thiocarbonyl (C=S) groups is 1. The molecule has 5 nitrogen and oxygen atoms in total. The molecular weight excluding hydrogens is 260 g/mol. The average Bonchev–Trinajstić information content (AvgIpc) is 2.31. The Bertz CT molecular complexity index is 462. The minimum atomic E-state index is 0.178. The van der Waals surface area contributed by atoms with E-state index in [1.54, 1.807) is 6.07 Å². The molecule has 1 fully saturated rings. The van der Waals surface area contributed by atoms with Gasteiger partial charge in [-0.1, -0.05) is 12.2 Å². The van der Waals surface area contributed by atoms with Crippen molar-refractivity contribution in [3.63, 3.8) is 0 Å². The number of anilines is 1. The molecule has 0 unspecified atom stereocenters. The summed E-state index contributed by atoms with van der Waals surface area (Å²) in [7, 11) is 0. The van der Waals surface area contributed by atoms with E-state index >= 15 is 0 Å². The number of aliphatic hydroxyl groups is 1. The van der Waals surface area contributed by atoms with Gasteiger partial charge < -0.3 is 15.7 Å². The summed E-state index contributed by atoms with van der Waals surface area (Å²) in [6.45, 7) is 2.86. The molecule has 3 N–H and O–H groups in total. The standard InChI is InChI=1S/C13H20N4OS/c1-9-8-11(12(14)19)16-13(15-9)17(6-3-7-18)10-4-2-5-10/h8,10,18H,2-7H2,1H3,(H2,14,19). The van der Waals surface area contributed by atoms with Crippen molar-refractivity contribution >= 4 is 23.2 Å². The van der Waals surface area contributed by atoms with Gasteiger partial charge in [-0.15, -0.1) is 0 Å². The summed E-state index contributed by atoms with van der Waals surface area (Å²) in [6, 6.07) is 2.28. The second kappa shape index (κ2) is 6.25. The van der Waals surface area contributed by atoms with Crippen molar-refractivity contribution in [3.8, 4) is 0 Å². The average molecular weight is 280 g/mol. The lowest BCUT2D eigenvalue weighted by molar-refractivity contribution is 0.282. The zero-order valence-electron chi connectivity index (χ0n) is 11.2. The fourth-order valence-corrected chi connectivity index (χ4v) is 2.30. The molecule has 1 heterocycles. The van der Waals surface area contributed by atoms with Gasteiger partial charge in [-0.3, -0.25) is 0 Å². The summed E-state index contributed by atoms with van der Waals surface area (Å²) in [5.41, 5.74) is 7.14. The van der Waals surface area contributed by atoms with Gasteiger partial charge in [0, 0.05) is 24.9 Å². The first-order valence-electron chi connectivity index (χ1n) is 6.65. The summed E-state index contributed by atoms with van der Waals surface area (Å²) < 4.78 is 0. The highest BCUT2D eigenvalue weighted by Gasteiger charge is 2.27. The van der Waals surface area contributed by atoms with Crippen LogP contribution in [-0.4, -0.2) is 39.3 Å². The molecule has 0 atom stereocenters. The number of nitrogens with zero attached hydrogens (tertiary/aromatic N) is 3. The maximum Gasteiger partial charge on any atom is 0.226 e. The molecule has 0 aromatic carbocycles. The predicted octanol–water partition coefficient (Wildman–Crippen LogP) is 1.16. The Hall–Kier alpha value is -1.27. The van der Waals surface area contributed by atoms with Crippen molar-refractivity contribution in [1.82, 2.24) is 9.97 Å². The maximum absolute atomic E-state index is 9.02. The topological polar surface area (TPSA) is 75.3 Å². The highest BCUT2D eigenvalue weighted by atomic mass is 32.1. The van der Waals surface area contributed by atoms with E-state index in [0.29, 0.717) is 22.7 Å². The zero-order chi connectivity index (χ0) is 13.8. The van der Waals surface area contributed by atoms with Gasteiger partial charge in [-0.05, 0) is 38.7 Å². The fourth-order valence-electron chi connectivity index (χ4n) is 2.19. The van der Waals surface area contributed by atoms with Crippen molar-refractivity contribution in [1.29, 1.82) is 0 Å². The van der Waals surface area contributed by atoms with Gasteiger partial charge in [0.2, 0.25) is 5.95 Å². The number of hydrogen-bond acceptors (Lipinski definition) is 5. The lowest BCUT2D eigenvalue weighted by atomic mass is 9.91. The molecule has 1 aromatic heterocycles. The monoisotopic (exact) mass is 280 g/mol. The van der Waals surface area contributed by atoms with Crippen LogP contribution in [0.25, 0.3) is 0 Å². The minimum Gasteiger partial charge on any atom is -0.396 e. The third-order valence-corrected chi connectivity index (χ3v) is 3.63. The van der Waals surface area contributed by atoms with E-state index in [9.17, 15) is 0 Å². The van der Waals surface area contributed by atoms with Gasteiger partial charge >= 0.3 is 0 Å². The number of nitrogens with two attached hydrogens (primary N) is 1. The van der Waals surface area contributed by atoms with Gasteiger partial charge in [0.15, 0.2) is 0 Å². The Morgan fingerprint density at radius 2 is 2.26 bits per heavy atom. The first-order valence-corrected chi connectivity index (χ1v) is 7.05. The Labute approximate surface area is 118 Å². The zero-order valence-corrected chi connectivity index (χ0v) is 12.0. The van der Waals surface area contributed by atoms with Gasteiger partial charge in [0.1, 0.15) is 10.7 Å². The van der Waals surface area contributed by atoms with Gasteiger partial charge in [-0.2, -0.15) is 0 Å². The van der Waals surface area contributed by atoms with Crippen LogP contribution >= 0.6 is 12.2 Å². The van der Waals surface area contributed by atoms with Gasteiger partial charge in [0.25, 0.3) is 0 Å². The molecule has 1 aliphatic rings. The fraction of sp³-hybridized carbons (Fsp3) is 0.615. The molecule has 0 aliphatic heterocycles. The number of aliphatic hydroxyl groups excluding tert-OH is 1. The maximum atomic E-state index is 9.02. The summed E-state index contributed by atoms with van der Waals surface area (Å²) >= 11 is 4.99. The van der Waals surface area contributed by atoms with Gasteiger partial charge in [0.05, 0.1) is 0 Å². The van der Waals surface area contributed by atoms with E-state index in [1.807, 2.05) is 6.92 Å². The summed E-state index contributed by atoms with van der Waals surface area (Å²) in [5, 5.41) is 9.02. The first-order chi connectivity index (χ1) is 9.11. The second-order valence-corrected chi connectivity index (χ2v) is 5.35. The normalized spacial score (nSPS) is 15.1. The van der Waals surface area contributed by atoms with E-state index in [1.165, 1.54) is 6.42 Å². The SMILES string of the molecule is Cc1cc(C(N)=S)nc(N(CCCO)C2CCC2)n1. The lowest BCUT2D eigenvalue weighted by Gasteiger charge is -2.37. The van der Waals surface area contributed by atoms with E-state index in [4.69, 9.17) is 23.1 Å². The van der Waals surface area contributed by atoms with Crippen molar-refractivity contribution in [3.05, 3.63) is 17.5 Å². The highest BCUT2D eigenvalue weighted by Crippen LogP contribution is 2.28. The summed E-state index contributed by atoms with van der Waals surface area (Å²) in [5.74, 6) is 0.681. The van der Waals surface area contributed by atoms with Crippen LogP contribution in [0.4, 0.5) is 5.95 Å². The molecule has 2 rings (SSSR count). The molecule has 6 heteroatoms. The summed E-state index contributed by atoms with van der Waals surface area (Å²) in [4.78, 5) is 11.4. The molecule has 0 spiro atoms. The van der Waals surface area contributed by atoms with Gasteiger partial charge in [-0.25, -0.2) is 9.97 Å². The smallest absolute Gasteiger partial charge is 0.226 e. The van der Waals surface area contributed by atoms with Crippen molar-refractivity contribution < 1.29 is 5.11 Å². The Kier molecular flexibility index (Phi) is 4.66. The van der Waals surface area contributed by atoms with Crippen LogP contribution in [0, 0.1) is 6.92 Å². The first kappa shape index (κ1) is 14.1. The molecule has 1 saturated carbocycles. The molecule has 0 amide bonds. The van der Waals surface area contributed by atoms with Crippen LogP contribution in [0.15, 0.2) is 6.07 Å². The van der Waals surface area contributed by atoms with Crippen LogP contribution < -0.4 is 10.6 Å². The Morgan fingerprint density at radius 3 is 2.79 bits per heavy atom. The number of rotatable bonds is 6. The Morgan fingerprint density at radius 1 is 1.53 bits per heavy atom. The van der Waals surface area contributed by atoms with E-state index in [2.05, 4.69) is 14.9 Å². The van der Waals surface area contributed by atoms with Crippen LogP contribution in [0.2, 0.25) is 0 Å². The van der Waals surface area contributed by atoms with Crippen molar-refractivity contribution in [2.45, 2.75) is 38.6 Å². The quantitative estimate of drug-likeness (QED) is 0.762. The molecule has 0 bridgehead atoms. The largest absolute Gasteiger partial charge is 0.396 e. The predicted molar refractivity (Wildman–Crippen MR) is 79.3 cm³/mol. The van der Waals surface area contributed by atoms with E-state index in [-0.39, 0.29) is 6.61 Å². The van der Waals surface area contributed by atoms with E-state index in [0.717, 1.165) is 31.5 Å². The lowest BCUT2D eigenvalue weighted by Crippen LogP contribution is -2.42. The molecular formula is C13H20N4OS. The molecule has 0 saturated heterocycles. The molecule has 19 heavy (non-hydrogen) atoms. The van der Waals surface area contributed by atoms with Crippen molar-refractivity contribution in [2.75, 3.05) is 18.1 Å². The van der Waals surface area contributed by atoms with Crippen LogP contribution in [0.1, 0.15) is 37.1 Å². The van der Waals surface area contributed by atoms with Crippen LogP contribution in [-0.2, 0) is 0 Å². The molecule has 1 aromatic rings. The van der Waals surface area contributed by atoms with Crippen LogP contribution in [0.5, 0.6) is 0 Å². The second-order valence-electron chi connectivity index (χ2n) is 4.91. The minimum absolute atomic E-state index is 0.178. The Balaban J connectivity index is 2.26. The number of aryl methyl sites for hydroxylation is 1. The molecule has 104 valence electrons. The third kappa shape index (κ3) is 3.39. The van der Waals surface area contributed by atoms with Crippen LogP contribution in [0.3, 0.4) is 0 Å². The number of hydrogen-bond donors (Lipinski definition) is 2. The van der Waals surface area contributed by atoms with E-state index < -0.39 is 0 Å². The molecule has 1 aliphatic carbocycles. The number of aromatic nitrogens is 2. The summed E-state index contributed by atoms with van der Waals surface area (Å²) in [6.07, 6.45) is 4.28. The molecule has 0 radical (unpaired) electrons.